The molecule has 1 rings (SSSR count). The molecule has 0 radical (unpaired) electrons. The average Bonchev–Trinajstić information content (AvgIpc) is 2.26. The van der Waals surface area contributed by atoms with Crippen LogP contribution in [0.5, 0.6) is 11.8 Å². The predicted octanol–water partition coefficient (Wildman–Crippen LogP) is 0.940. The Morgan fingerprint density at radius 3 is 2.41 bits per heavy atom. The van der Waals surface area contributed by atoms with Crippen molar-refractivity contribution in [1.82, 2.24) is 4.98 Å². The third kappa shape index (κ3) is 3.46. The van der Waals surface area contributed by atoms with Gasteiger partial charge in [-0.3, -0.25) is 0 Å². The van der Waals surface area contributed by atoms with Crippen LogP contribution >= 0.6 is 0 Å². The first-order valence-corrected chi connectivity index (χ1v) is 4.54. The van der Waals surface area contributed by atoms with E-state index in [1.807, 2.05) is 0 Å². The normalized spacial score (nSPS) is 11.4. The first-order chi connectivity index (χ1) is 7.91. The van der Waals surface area contributed by atoms with Crippen molar-refractivity contribution in [2.75, 3.05) is 7.11 Å². The summed E-state index contributed by atoms with van der Waals surface area (Å²) in [5, 5.41) is 8.97. The highest BCUT2D eigenvalue weighted by Gasteiger charge is 2.33. The molecule has 0 atom stereocenters. The monoisotopic (exact) mass is 252 g/mol. The van der Waals surface area contributed by atoms with E-state index < -0.39 is 18.8 Å². The molecule has 0 aliphatic heterocycles. The number of methoxy groups -OCH3 is 1. The topological polar surface area (TPSA) is 77.6 Å². The van der Waals surface area contributed by atoms with Crippen LogP contribution in [0.2, 0.25) is 0 Å². The van der Waals surface area contributed by atoms with Crippen LogP contribution in [0.4, 0.5) is 13.2 Å². The van der Waals surface area contributed by atoms with Gasteiger partial charge >= 0.3 is 6.36 Å². The lowest BCUT2D eigenvalue weighted by atomic mass is 10.2. The number of nitrogens with zero attached hydrogens (tertiary/aromatic N) is 1. The third-order valence-electron chi connectivity index (χ3n) is 1.90. The minimum atomic E-state index is -4.86. The Bertz CT molecular complexity index is 396. The summed E-state index contributed by atoms with van der Waals surface area (Å²) < 4.78 is 44.7. The molecule has 1 aromatic rings. The lowest BCUT2D eigenvalue weighted by Gasteiger charge is -2.14. The van der Waals surface area contributed by atoms with E-state index in [1.165, 1.54) is 13.2 Å². The summed E-state index contributed by atoms with van der Waals surface area (Å²) in [7, 11) is 1.22. The van der Waals surface area contributed by atoms with Crippen LogP contribution < -0.4 is 15.2 Å². The number of rotatable bonds is 4. The summed E-state index contributed by atoms with van der Waals surface area (Å²) in [6.07, 6.45) is -4.86. The van der Waals surface area contributed by atoms with Gasteiger partial charge in [-0.25, -0.2) is 0 Å². The second-order valence-corrected chi connectivity index (χ2v) is 3.03. The number of halogens is 3. The molecule has 1 heterocycles. The number of aliphatic hydroxyl groups excluding tert-OH is 1. The van der Waals surface area contributed by atoms with E-state index >= 15 is 0 Å². The number of nitrogens with two attached hydrogens (primary N) is 1. The highest BCUT2D eigenvalue weighted by molar-refractivity contribution is 5.37. The van der Waals surface area contributed by atoms with Crippen molar-refractivity contribution in [1.29, 1.82) is 0 Å². The zero-order chi connectivity index (χ0) is 13.1. The Labute approximate surface area is 95.0 Å². The number of alkyl halides is 3. The number of hydrogen-bond donors (Lipinski definition) is 2. The molecule has 0 saturated carbocycles. The van der Waals surface area contributed by atoms with Crippen molar-refractivity contribution in [3.05, 3.63) is 17.2 Å². The number of hydrogen-bond acceptors (Lipinski definition) is 5. The Morgan fingerprint density at radius 1 is 1.35 bits per heavy atom. The van der Waals surface area contributed by atoms with Crippen molar-refractivity contribution in [3.8, 4) is 11.8 Å². The minimum absolute atomic E-state index is 0.0344. The van der Waals surface area contributed by atoms with Gasteiger partial charge in [-0.15, -0.1) is 13.2 Å². The van der Waals surface area contributed by atoms with Gasteiger partial charge in [0.1, 0.15) is 0 Å². The molecule has 0 spiro atoms. The lowest BCUT2D eigenvalue weighted by Crippen LogP contribution is -2.20. The molecule has 0 aliphatic carbocycles. The van der Waals surface area contributed by atoms with Crippen molar-refractivity contribution in [3.63, 3.8) is 0 Å². The molecule has 0 bridgehead atoms. The van der Waals surface area contributed by atoms with Crippen LogP contribution in [-0.2, 0) is 13.2 Å². The molecule has 3 N–H and O–H groups in total. The van der Waals surface area contributed by atoms with E-state index in [2.05, 4.69) is 9.72 Å². The summed E-state index contributed by atoms with van der Waals surface area (Å²) in [5.74, 6) is -0.807. The molecule has 96 valence electrons. The van der Waals surface area contributed by atoms with Gasteiger partial charge in [0.15, 0.2) is 0 Å². The fourth-order valence-corrected chi connectivity index (χ4v) is 1.20. The van der Waals surface area contributed by atoms with Gasteiger partial charge in [0.25, 0.3) is 0 Å². The standard InChI is InChI=1S/C9H11F3N2O3/c1-16-7-6(4-15)2-5(3-13)8(14-7)17-9(10,11)12/h2,15H,3-4,13H2,1H3. The third-order valence-corrected chi connectivity index (χ3v) is 1.90. The number of pyridine rings is 1. The Balaban J connectivity index is 3.19. The van der Waals surface area contributed by atoms with Crippen LogP contribution in [0.15, 0.2) is 6.07 Å². The Hall–Kier alpha value is -1.54. The summed E-state index contributed by atoms with van der Waals surface area (Å²) >= 11 is 0. The van der Waals surface area contributed by atoms with Gasteiger partial charge in [-0.2, -0.15) is 4.98 Å². The molecule has 5 nitrogen and oxygen atoms in total. The van der Waals surface area contributed by atoms with Crippen molar-refractivity contribution in [2.45, 2.75) is 19.5 Å². The van der Waals surface area contributed by atoms with Gasteiger partial charge in [0.05, 0.1) is 13.7 Å². The summed E-state index contributed by atoms with van der Waals surface area (Å²) in [5.41, 5.74) is 5.55. The lowest BCUT2D eigenvalue weighted by molar-refractivity contribution is -0.276. The zero-order valence-electron chi connectivity index (χ0n) is 8.91. The summed E-state index contributed by atoms with van der Waals surface area (Å²) in [4.78, 5) is 3.51. The highest BCUT2D eigenvalue weighted by atomic mass is 19.4. The molecular weight excluding hydrogens is 241 g/mol. The van der Waals surface area contributed by atoms with Gasteiger partial charge in [-0.05, 0) is 6.07 Å². The van der Waals surface area contributed by atoms with Crippen LogP contribution in [-0.4, -0.2) is 23.6 Å². The van der Waals surface area contributed by atoms with Crippen LogP contribution in [0, 0.1) is 0 Å². The zero-order valence-corrected chi connectivity index (χ0v) is 8.91. The molecule has 0 aromatic carbocycles. The van der Waals surface area contributed by atoms with Gasteiger partial charge < -0.3 is 20.3 Å². The van der Waals surface area contributed by atoms with Crippen LogP contribution in [0.25, 0.3) is 0 Å². The fourth-order valence-electron chi connectivity index (χ4n) is 1.20. The Morgan fingerprint density at radius 2 is 2.00 bits per heavy atom. The van der Waals surface area contributed by atoms with Gasteiger partial charge in [0, 0.05) is 17.7 Å². The van der Waals surface area contributed by atoms with E-state index in [-0.39, 0.29) is 23.6 Å². The molecule has 8 heteroatoms. The molecule has 0 aliphatic rings. The predicted molar refractivity (Wildman–Crippen MR) is 51.3 cm³/mol. The maximum Gasteiger partial charge on any atom is 0.574 e. The number of aromatic nitrogens is 1. The summed E-state index contributed by atoms with van der Waals surface area (Å²) in [6, 6.07) is 1.26. The van der Waals surface area contributed by atoms with E-state index in [9.17, 15) is 13.2 Å². The molecule has 0 unspecified atom stereocenters. The van der Waals surface area contributed by atoms with E-state index in [0.29, 0.717) is 0 Å². The van der Waals surface area contributed by atoms with Gasteiger partial charge in [0.2, 0.25) is 11.8 Å². The maximum atomic E-state index is 12.1. The van der Waals surface area contributed by atoms with Crippen molar-refractivity contribution in [2.24, 2.45) is 5.73 Å². The molecule has 0 amide bonds. The second kappa shape index (κ2) is 5.19. The fraction of sp³-hybridized carbons (Fsp3) is 0.444. The largest absolute Gasteiger partial charge is 0.574 e. The SMILES string of the molecule is COc1nc(OC(F)(F)F)c(CN)cc1CO. The highest BCUT2D eigenvalue weighted by Crippen LogP contribution is 2.29. The molecule has 17 heavy (non-hydrogen) atoms. The molecule has 1 aromatic heterocycles. The molecule has 0 saturated heterocycles. The first-order valence-electron chi connectivity index (χ1n) is 4.54. The Kier molecular flexibility index (Phi) is 4.13. The maximum absolute atomic E-state index is 12.1. The average molecular weight is 252 g/mol. The van der Waals surface area contributed by atoms with Crippen LogP contribution in [0.1, 0.15) is 11.1 Å². The van der Waals surface area contributed by atoms with E-state index in [1.54, 1.807) is 0 Å². The quantitative estimate of drug-likeness (QED) is 0.833. The molecule has 0 fully saturated rings. The first kappa shape index (κ1) is 13.5. The minimum Gasteiger partial charge on any atom is -0.481 e. The van der Waals surface area contributed by atoms with Crippen LogP contribution in [0.3, 0.4) is 0 Å². The second-order valence-electron chi connectivity index (χ2n) is 3.03. The van der Waals surface area contributed by atoms with E-state index in [4.69, 9.17) is 15.6 Å². The van der Waals surface area contributed by atoms with Crippen molar-refractivity contribution < 1.29 is 27.8 Å². The van der Waals surface area contributed by atoms with Gasteiger partial charge in [-0.1, -0.05) is 0 Å². The number of aliphatic hydroxyl groups is 1. The van der Waals surface area contributed by atoms with Crippen molar-refractivity contribution >= 4 is 0 Å². The van der Waals surface area contributed by atoms with E-state index in [0.717, 1.165) is 0 Å². The number of ether oxygens (including phenoxy) is 2. The molecular formula is C9H11F3N2O3. The summed E-state index contributed by atoms with van der Waals surface area (Å²) in [6.45, 7) is -0.620. The smallest absolute Gasteiger partial charge is 0.481 e.